The lowest BCUT2D eigenvalue weighted by Crippen LogP contribution is -1.92. The van der Waals surface area contributed by atoms with Gasteiger partial charge in [0.1, 0.15) is 5.75 Å². The zero-order chi connectivity index (χ0) is 10.7. The number of hydrogen-bond acceptors (Lipinski definition) is 3. The van der Waals surface area contributed by atoms with E-state index in [2.05, 4.69) is 4.98 Å². The molecular weight excluding hydrogens is 212 g/mol. The maximum Gasteiger partial charge on any atom is 0.168 e. The first kappa shape index (κ1) is 9.80. The van der Waals surface area contributed by atoms with Gasteiger partial charge in [0.15, 0.2) is 5.75 Å². The second kappa shape index (κ2) is 4.19. The van der Waals surface area contributed by atoms with Gasteiger partial charge in [0.2, 0.25) is 0 Å². The third kappa shape index (κ3) is 2.39. The molecule has 15 heavy (non-hydrogen) atoms. The Balaban J connectivity index is 2.22. The minimum atomic E-state index is 0.542. The van der Waals surface area contributed by atoms with Crippen LogP contribution in [0.15, 0.2) is 42.7 Å². The standard InChI is InChI=1S/C11H9ClN2O/c12-8-1-3-9(4-2-8)15-11-7-14-6-5-10(11)13/h1-7H,(H2,13,14). The maximum absolute atomic E-state index is 5.75. The summed E-state index contributed by atoms with van der Waals surface area (Å²) in [5, 5.41) is 0.668. The lowest BCUT2D eigenvalue weighted by Gasteiger charge is -2.06. The number of anilines is 1. The first-order chi connectivity index (χ1) is 7.25. The van der Waals surface area contributed by atoms with E-state index in [1.54, 1.807) is 42.7 Å². The van der Waals surface area contributed by atoms with Gasteiger partial charge in [-0.15, -0.1) is 0 Å². The summed E-state index contributed by atoms with van der Waals surface area (Å²) in [6.45, 7) is 0. The summed E-state index contributed by atoms with van der Waals surface area (Å²) < 4.78 is 5.52. The van der Waals surface area contributed by atoms with E-state index in [9.17, 15) is 0 Å². The maximum atomic E-state index is 5.75. The summed E-state index contributed by atoms with van der Waals surface area (Å²) >= 11 is 5.75. The molecule has 4 heteroatoms. The van der Waals surface area contributed by atoms with Crippen molar-refractivity contribution < 1.29 is 4.74 Å². The summed E-state index contributed by atoms with van der Waals surface area (Å²) in [6, 6.07) is 8.74. The van der Waals surface area contributed by atoms with Crippen molar-refractivity contribution >= 4 is 17.3 Å². The average Bonchev–Trinajstić information content (AvgIpc) is 2.25. The summed E-state index contributed by atoms with van der Waals surface area (Å²) in [6.07, 6.45) is 3.19. The van der Waals surface area contributed by atoms with E-state index >= 15 is 0 Å². The minimum Gasteiger partial charge on any atom is -0.454 e. The van der Waals surface area contributed by atoms with Crippen molar-refractivity contribution in [2.75, 3.05) is 5.73 Å². The predicted molar refractivity (Wildman–Crippen MR) is 60.2 cm³/mol. The first-order valence-electron chi connectivity index (χ1n) is 4.38. The number of nitrogens with two attached hydrogens (primary N) is 1. The minimum absolute atomic E-state index is 0.542. The lowest BCUT2D eigenvalue weighted by atomic mass is 10.3. The van der Waals surface area contributed by atoms with Crippen LogP contribution in [0.1, 0.15) is 0 Å². The van der Waals surface area contributed by atoms with Crippen molar-refractivity contribution in [1.82, 2.24) is 4.98 Å². The Kier molecular flexibility index (Phi) is 2.74. The first-order valence-corrected chi connectivity index (χ1v) is 4.76. The highest BCUT2D eigenvalue weighted by Gasteiger charge is 2.00. The molecule has 2 N–H and O–H groups in total. The van der Waals surface area contributed by atoms with Crippen LogP contribution in [0.3, 0.4) is 0 Å². The van der Waals surface area contributed by atoms with Crippen LogP contribution in [-0.2, 0) is 0 Å². The van der Waals surface area contributed by atoms with Crippen LogP contribution in [0.2, 0.25) is 5.02 Å². The second-order valence-corrected chi connectivity index (χ2v) is 3.41. The van der Waals surface area contributed by atoms with Crippen molar-refractivity contribution in [1.29, 1.82) is 0 Å². The number of benzene rings is 1. The third-order valence-electron chi connectivity index (χ3n) is 1.86. The Morgan fingerprint density at radius 1 is 1.13 bits per heavy atom. The van der Waals surface area contributed by atoms with Gasteiger partial charge in [0, 0.05) is 11.2 Å². The summed E-state index contributed by atoms with van der Waals surface area (Å²) in [5.74, 6) is 1.22. The van der Waals surface area contributed by atoms with Gasteiger partial charge in [-0.1, -0.05) is 11.6 Å². The molecule has 0 aliphatic rings. The Labute approximate surface area is 92.5 Å². The molecule has 1 aromatic heterocycles. The fraction of sp³-hybridized carbons (Fsp3) is 0. The average molecular weight is 221 g/mol. The van der Waals surface area contributed by atoms with Crippen LogP contribution in [0.25, 0.3) is 0 Å². The van der Waals surface area contributed by atoms with Crippen molar-refractivity contribution in [2.24, 2.45) is 0 Å². The van der Waals surface area contributed by atoms with E-state index in [1.165, 1.54) is 0 Å². The van der Waals surface area contributed by atoms with Crippen molar-refractivity contribution in [3.05, 3.63) is 47.7 Å². The number of halogens is 1. The highest BCUT2D eigenvalue weighted by molar-refractivity contribution is 6.30. The van der Waals surface area contributed by atoms with E-state index in [0.717, 1.165) is 0 Å². The zero-order valence-electron chi connectivity index (χ0n) is 7.85. The smallest absolute Gasteiger partial charge is 0.168 e. The number of hydrogen-bond donors (Lipinski definition) is 1. The fourth-order valence-electron chi connectivity index (χ4n) is 1.11. The Morgan fingerprint density at radius 2 is 1.87 bits per heavy atom. The molecule has 1 heterocycles. The number of ether oxygens (including phenoxy) is 1. The SMILES string of the molecule is Nc1ccncc1Oc1ccc(Cl)cc1. The highest BCUT2D eigenvalue weighted by atomic mass is 35.5. The van der Waals surface area contributed by atoms with Gasteiger partial charge in [-0.2, -0.15) is 0 Å². The van der Waals surface area contributed by atoms with Gasteiger partial charge in [0.25, 0.3) is 0 Å². The molecule has 0 fully saturated rings. The fourth-order valence-corrected chi connectivity index (χ4v) is 1.23. The number of nitrogens with zero attached hydrogens (tertiary/aromatic N) is 1. The molecule has 0 aliphatic carbocycles. The molecule has 1 aromatic carbocycles. The van der Waals surface area contributed by atoms with Crippen LogP contribution >= 0.6 is 11.6 Å². The van der Waals surface area contributed by atoms with E-state index in [4.69, 9.17) is 22.1 Å². The van der Waals surface area contributed by atoms with Crippen LogP contribution in [-0.4, -0.2) is 4.98 Å². The number of pyridine rings is 1. The number of rotatable bonds is 2. The van der Waals surface area contributed by atoms with Gasteiger partial charge in [-0.3, -0.25) is 4.98 Å². The molecule has 0 bridgehead atoms. The molecule has 0 amide bonds. The Morgan fingerprint density at radius 3 is 2.53 bits per heavy atom. The topological polar surface area (TPSA) is 48.1 Å². The summed E-state index contributed by atoms with van der Waals surface area (Å²) in [7, 11) is 0. The number of aromatic nitrogens is 1. The molecule has 0 saturated carbocycles. The van der Waals surface area contributed by atoms with E-state index in [0.29, 0.717) is 22.2 Å². The normalized spacial score (nSPS) is 9.93. The molecule has 0 radical (unpaired) electrons. The predicted octanol–water partition coefficient (Wildman–Crippen LogP) is 3.11. The van der Waals surface area contributed by atoms with Gasteiger partial charge >= 0.3 is 0 Å². The van der Waals surface area contributed by atoms with Crippen LogP contribution < -0.4 is 10.5 Å². The van der Waals surface area contributed by atoms with E-state index in [-0.39, 0.29) is 0 Å². The van der Waals surface area contributed by atoms with Crippen LogP contribution in [0.4, 0.5) is 5.69 Å². The highest BCUT2D eigenvalue weighted by Crippen LogP contribution is 2.26. The van der Waals surface area contributed by atoms with Gasteiger partial charge in [-0.25, -0.2) is 0 Å². The molecule has 0 spiro atoms. The molecular formula is C11H9ClN2O. The quantitative estimate of drug-likeness (QED) is 0.846. The Bertz CT molecular complexity index is 456. The van der Waals surface area contributed by atoms with Gasteiger partial charge < -0.3 is 10.5 Å². The lowest BCUT2D eigenvalue weighted by molar-refractivity contribution is 0.483. The molecule has 0 saturated heterocycles. The van der Waals surface area contributed by atoms with E-state index < -0.39 is 0 Å². The van der Waals surface area contributed by atoms with Crippen LogP contribution in [0.5, 0.6) is 11.5 Å². The number of nitrogen functional groups attached to an aromatic ring is 1. The molecule has 2 rings (SSSR count). The Hall–Kier alpha value is -1.74. The molecule has 2 aromatic rings. The molecule has 0 unspecified atom stereocenters. The van der Waals surface area contributed by atoms with Gasteiger partial charge in [-0.05, 0) is 30.3 Å². The van der Waals surface area contributed by atoms with E-state index in [1.807, 2.05) is 0 Å². The second-order valence-electron chi connectivity index (χ2n) is 2.97. The van der Waals surface area contributed by atoms with Crippen molar-refractivity contribution in [3.8, 4) is 11.5 Å². The molecule has 3 nitrogen and oxygen atoms in total. The molecule has 0 atom stereocenters. The summed E-state index contributed by atoms with van der Waals surface area (Å²) in [5.41, 5.74) is 6.26. The van der Waals surface area contributed by atoms with Crippen molar-refractivity contribution in [3.63, 3.8) is 0 Å². The van der Waals surface area contributed by atoms with Crippen molar-refractivity contribution in [2.45, 2.75) is 0 Å². The monoisotopic (exact) mass is 220 g/mol. The summed E-state index contributed by atoms with van der Waals surface area (Å²) in [4.78, 5) is 3.93. The largest absolute Gasteiger partial charge is 0.454 e. The van der Waals surface area contributed by atoms with Gasteiger partial charge in [0.05, 0.1) is 11.9 Å². The third-order valence-corrected chi connectivity index (χ3v) is 2.11. The van der Waals surface area contributed by atoms with Crippen LogP contribution in [0, 0.1) is 0 Å². The zero-order valence-corrected chi connectivity index (χ0v) is 8.61. The molecule has 76 valence electrons. The molecule has 0 aliphatic heterocycles.